The summed E-state index contributed by atoms with van der Waals surface area (Å²) in [6.45, 7) is 5.99. The van der Waals surface area contributed by atoms with Crippen molar-refractivity contribution in [2.75, 3.05) is 24.2 Å². The first-order valence-electron chi connectivity index (χ1n) is 4.30. The summed E-state index contributed by atoms with van der Waals surface area (Å²) in [7, 11) is 1.91. The average Bonchev–Trinajstić information content (AvgIpc) is 2.47. The summed E-state index contributed by atoms with van der Waals surface area (Å²) in [5, 5.41) is 6.31. The summed E-state index contributed by atoms with van der Waals surface area (Å²) in [6, 6.07) is 0. The standard InChI is InChI=1S/C8H16N4/c1-4-10-7-8(9-3)12(5-2)6-11-7/h6,9-10H,4-5H2,1-3H3. The van der Waals surface area contributed by atoms with Gasteiger partial charge in [-0.05, 0) is 13.8 Å². The lowest BCUT2D eigenvalue weighted by molar-refractivity contribution is 0.768. The van der Waals surface area contributed by atoms with Gasteiger partial charge < -0.3 is 15.2 Å². The van der Waals surface area contributed by atoms with E-state index >= 15 is 0 Å². The molecule has 4 nitrogen and oxygen atoms in total. The number of imidazole rings is 1. The van der Waals surface area contributed by atoms with Gasteiger partial charge in [0.25, 0.3) is 0 Å². The van der Waals surface area contributed by atoms with E-state index in [2.05, 4.69) is 34.0 Å². The Morgan fingerprint density at radius 3 is 2.75 bits per heavy atom. The predicted molar refractivity (Wildman–Crippen MR) is 51.6 cm³/mol. The molecule has 1 rings (SSSR count). The summed E-state index contributed by atoms with van der Waals surface area (Å²) in [5.74, 6) is 1.99. The normalized spacial score (nSPS) is 9.92. The molecule has 1 aromatic rings. The van der Waals surface area contributed by atoms with E-state index in [9.17, 15) is 0 Å². The molecule has 12 heavy (non-hydrogen) atoms. The van der Waals surface area contributed by atoms with E-state index in [1.165, 1.54) is 0 Å². The quantitative estimate of drug-likeness (QED) is 0.713. The average molecular weight is 168 g/mol. The molecule has 1 heterocycles. The highest BCUT2D eigenvalue weighted by molar-refractivity contribution is 5.59. The van der Waals surface area contributed by atoms with Gasteiger partial charge in [0, 0.05) is 20.1 Å². The Hall–Kier alpha value is -1.19. The number of anilines is 2. The summed E-state index contributed by atoms with van der Waals surface area (Å²) < 4.78 is 2.07. The summed E-state index contributed by atoms with van der Waals surface area (Å²) in [6.07, 6.45) is 1.84. The second-order valence-corrected chi connectivity index (χ2v) is 2.51. The molecule has 0 fully saturated rings. The Morgan fingerprint density at radius 1 is 1.50 bits per heavy atom. The maximum atomic E-state index is 4.24. The van der Waals surface area contributed by atoms with Gasteiger partial charge >= 0.3 is 0 Å². The van der Waals surface area contributed by atoms with E-state index in [1.807, 2.05) is 13.4 Å². The molecule has 0 saturated heterocycles. The third kappa shape index (κ3) is 1.52. The minimum Gasteiger partial charge on any atom is -0.371 e. The summed E-state index contributed by atoms with van der Waals surface area (Å²) in [5.41, 5.74) is 0. The monoisotopic (exact) mass is 168 g/mol. The molecule has 0 aliphatic carbocycles. The van der Waals surface area contributed by atoms with Crippen LogP contribution >= 0.6 is 0 Å². The molecule has 0 amide bonds. The Morgan fingerprint density at radius 2 is 2.25 bits per heavy atom. The van der Waals surface area contributed by atoms with Gasteiger partial charge in [-0.3, -0.25) is 0 Å². The molecule has 2 N–H and O–H groups in total. The first-order chi connectivity index (χ1) is 5.83. The van der Waals surface area contributed by atoms with Gasteiger partial charge in [0.2, 0.25) is 0 Å². The fourth-order valence-electron chi connectivity index (χ4n) is 1.18. The molecule has 4 heteroatoms. The molecule has 0 radical (unpaired) electrons. The topological polar surface area (TPSA) is 41.9 Å². The van der Waals surface area contributed by atoms with E-state index in [0.717, 1.165) is 24.7 Å². The summed E-state index contributed by atoms with van der Waals surface area (Å²) in [4.78, 5) is 4.24. The van der Waals surface area contributed by atoms with Crippen molar-refractivity contribution in [1.29, 1.82) is 0 Å². The van der Waals surface area contributed by atoms with Crippen LogP contribution in [0.15, 0.2) is 6.33 Å². The van der Waals surface area contributed by atoms with Crippen LogP contribution in [0.2, 0.25) is 0 Å². The van der Waals surface area contributed by atoms with Crippen LogP contribution in [0.1, 0.15) is 13.8 Å². The van der Waals surface area contributed by atoms with Crippen LogP contribution in [0.5, 0.6) is 0 Å². The van der Waals surface area contributed by atoms with Crippen LogP contribution in [0.3, 0.4) is 0 Å². The van der Waals surface area contributed by atoms with E-state index < -0.39 is 0 Å². The third-order valence-corrected chi connectivity index (χ3v) is 1.76. The minimum absolute atomic E-state index is 0.898. The van der Waals surface area contributed by atoms with Gasteiger partial charge in [0.15, 0.2) is 5.82 Å². The lowest BCUT2D eigenvalue weighted by Crippen LogP contribution is -2.04. The van der Waals surface area contributed by atoms with Gasteiger partial charge in [-0.15, -0.1) is 0 Å². The number of rotatable bonds is 4. The van der Waals surface area contributed by atoms with E-state index in [4.69, 9.17) is 0 Å². The highest BCUT2D eigenvalue weighted by atomic mass is 15.2. The van der Waals surface area contributed by atoms with Crippen LogP contribution in [0.25, 0.3) is 0 Å². The fraction of sp³-hybridized carbons (Fsp3) is 0.625. The van der Waals surface area contributed by atoms with Gasteiger partial charge in [0.1, 0.15) is 5.82 Å². The van der Waals surface area contributed by atoms with Crippen molar-refractivity contribution in [3.05, 3.63) is 6.33 Å². The number of nitrogens with zero attached hydrogens (tertiary/aromatic N) is 2. The zero-order valence-corrected chi connectivity index (χ0v) is 7.89. The molecular formula is C8H16N4. The van der Waals surface area contributed by atoms with Crippen LogP contribution in [-0.4, -0.2) is 23.1 Å². The maximum absolute atomic E-state index is 4.24. The lowest BCUT2D eigenvalue weighted by atomic mass is 10.5. The highest BCUT2D eigenvalue weighted by Gasteiger charge is 2.05. The number of nitrogens with one attached hydrogen (secondary N) is 2. The van der Waals surface area contributed by atoms with Crippen molar-refractivity contribution < 1.29 is 0 Å². The molecule has 0 spiro atoms. The van der Waals surface area contributed by atoms with Crippen molar-refractivity contribution in [3.8, 4) is 0 Å². The third-order valence-electron chi connectivity index (χ3n) is 1.76. The van der Waals surface area contributed by atoms with Crippen molar-refractivity contribution >= 4 is 11.6 Å². The molecule has 0 aliphatic heterocycles. The molecule has 0 atom stereocenters. The molecule has 0 unspecified atom stereocenters. The van der Waals surface area contributed by atoms with Gasteiger partial charge in [-0.1, -0.05) is 0 Å². The van der Waals surface area contributed by atoms with E-state index in [-0.39, 0.29) is 0 Å². The second-order valence-electron chi connectivity index (χ2n) is 2.51. The van der Waals surface area contributed by atoms with Gasteiger partial charge in [-0.2, -0.15) is 0 Å². The molecular weight excluding hydrogens is 152 g/mol. The largest absolute Gasteiger partial charge is 0.371 e. The minimum atomic E-state index is 0.898. The van der Waals surface area contributed by atoms with Crippen molar-refractivity contribution in [1.82, 2.24) is 9.55 Å². The van der Waals surface area contributed by atoms with Gasteiger partial charge in [-0.25, -0.2) is 4.98 Å². The number of hydrogen-bond acceptors (Lipinski definition) is 3. The van der Waals surface area contributed by atoms with Crippen LogP contribution in [0.4, 0.5) is 11.6 Å². The lowest BCUT2D eigenvalue weighted by Gasteiger charge is -2.06. The Kier molecular flexibility index (Phi) is 2.96. The Labute approximate surface area is 73.0 Å². The first kappa shape index (κ1) is 8.90. The molecule has 0 bridgehead atoms. The fourth-order valence-corrected chi connectivity index (χ4v) is 1.18. The molecule has 68 valence electrons. The first-order valence-corrected chi connectivity index (χ1v) is 4.30. The molecule has 1 aromatic heterocycles. The molecule has 0 saturated carbocycles. The predicted octanol–water partition coefficient (Wildman–Crippen LogP) is 1.38. The smallest absolute Gasteiger partial charge is 0.168 e. The SMILES string of the molecule is CCNc1ncn(CC)c1NC. The summed E-state index contributed by atoms with van der Waals surface area (Å²) >= 11 is 0. The highest BCUT2D eigenvalue weighted by Crippen LogP contribution is 2.18. The van der Waals surface area contributed by atoms with E-state index in [0.29, 0.717) is 0 Å². The zero-order valence-electron chi connectivity index (χ0n) is 7.89. The maximum Gasteiger partial charge on any atom is 0.168 e. The van der Waals surface area contributed by atoms with Crippen molar-refractivity contribution in [2.45, 2.75) is 20.4 Å². The van der Waals surface area contributed by atoms with Crippen LogP contribution < -0.4 is 10.6 Å². The molecule has 0 aromatic carbocycles. The van der Waals surface area contributed by atoms with Crippen LogP contribution in [0, 0.1) is 0 Å². The number of aromatic nitrogens is 2. The molecule has 0 aliphatic rings. The Balaban J connectivity index is 2.88. The van der Waals surface area contributed by atoms with Crippen LogP contribution in [-0.2, 0) is 6.54 Å². The zero-order chi connectivity index (χ0) is 8.97. The van der Waals surface area contributed by atoms with Crippen molar-refractivity contribution in [3.63, 3.8) is 0 Å². The number of hydrogen-bond donors (Lipinski definition) is 2. The van der Waals surface area contributed by atoms with E-state index in [1.54, 1.807) is 0 Å². The van der Waals surface area contributed by atoms with Crippen molar-refractivity contribution in [2.24, 2.45) is 0 Å². The van der Waals surface area contributed by atoms with Gasteiger partial charge in [0.05, 0.1) is 6.33 Å². The second kappa shape index (κ2) is 3.99. The Bertz CT molecular complexity index is 241. The number of aryl methyl sites for hydroxylation is 1.